The minimum atomic E-state index is -0.323. The summed E-state index contributed by atoms with van der Waals surface area (Å²) >= 11 is 0. The van der Waals surface area contributed by atoms with Crippen molar-refractivity contribution in [2.24, 2.45) is 0 Å². The second-order valence-electron chi connectivity index (χ2n) is 6.01. The number of likely N-dealkylation sites (N-methyl/N-ethyl adjacent to an activating group) is 1. The van der Waals surface area contributed by atoms with Gasteiger partial charge in [0.1, 0.15) is 11.8 Å². The van der Waals surface area contributed by atoms with Crippen LogP contribution in [0.1, 0.15) is 39.7 Å². The Morgan fingerprint density at radius 3 is 2.62 bits per heavy atom. The van der Waals surface area contributed by atoms with Crippen LogP contribution >= 0.6 is 0 Å². The van der Waals surface area contributed by atoms with Crippen molar-refractivity contribution in [1.82, 2.24) is 5.32 Å². The summed E-state index contributed by atoms with van der Waals surface area (Å²) in [5.41, 5.74) is 1.33. The predicted octanol–water partition coefficient (Wildman–Crippen LogP) is 2.90. The van der Waals surface area contributed by atoms with Crippen molar-refractivity contribution in [3.05, 3.63) is 29.8 Å². The number of hydrogen-bond acceptors (Lipinski definition) is 4. The Labute approximate surface area is 127 Å². The number of benzene rings is 1. The number of hydrogen-bond donors (Lipinski definition) is 1. The molecule has 0 saturated heterocycles. The van der Waals surface area contributed by atoms with Crippen molar-refractivity contribution >= 4 is 5.97 Å². The van der Waals surface area contributed by atoms with Gasteiger partial charge in [-0.3, -0.25) is 4.79 Å². The maximum Gasteiger partial charge on any atom is 0.323 e. The van der Waals surface area contributed by atoms with E-state index in [1.165, 1.54) is 5.56 Å². The van der Waals surface area contributed by atoms with E-state index in [0.717, 1.165) is 5.75 Å². The third-order valence-corrected chi connectivity index (χ3v) is 3.29. The van der Waals surface area contributed by atoms with Gasteiger partial charge < -0.3 is 14.8 Å². The lowest BCUT2D eigenvalue weighted by molar-refractivity contribution is -0.145. The average molecular weight is 293 g/mol. The topological polar surface area (TPSA) is 47.6 Å². The summed E-state index contributed by atoms with van der Waals surface area (Å²) in [4.78, 5) is 11.7. The van der Waals surface area contributed by atoms with Crippen LogP contribution in [0.4, 0.5) is 0 Å². The van der Waals surface area contributed by atoms with Gasteiger partial charge in [0.25, 0.3) is 0 Å². The van der Waals surface area contributed by atoms with E-state index in [0.29, 0.717) is 19.6 Å². The highest BCUT2D eigenvalue weighted by Crippen LogP contribution is 2.25. The van der Waals surface area contributed by atoms with E-state index < -0.39 is 0 Å². The zero-order valence-electron chi connectivity index (χ0n) is 13.7. The zero-order valence-corrected chi connectivity index (χ0v) is 13.7. The SMILES string of the molecule is CCOC(=O)C(CCOc1cccc(C(C)(C)C)c1)NC. The van der Waals surface area contributed by atoms with Gasteiger partial charge in [0, 0.05) is 6.42 Å². The molecular weight excluding hydrogens is 266 g/mol. The van der Waals surface area contributed by atoms with Crippen molar-refractivity contribution < 1.29 is 14.3 Å². The third-order valence-electron chi connectivity index (χ3n) is 3.29. The number of esters is 1. The first-order valence-electron chi connectivity index (χ1n) is 7.45. The molecule has 4 heteroatoms. The normalized spacial score (nSPS) is 12.8. The lowest BCUT2D eigenvalue weighted by atomic mass is 9.87. The summed E-state index contributed by atoms with van der Waals surface area (Å²) < 4.78 is 10.8. The maximum atomic E-state index is 11.7. The molecule has 0 heterocycles. The third kappa shape index (κ3) is 5.76. The van der Waals surface area contributed by atoms with Crippen molar-refractivity contribution in [3.8, 4) is 5.75 Å². The fraction of sp³-hybridized carbons (Fsp3) is 0.588. The van der Waals surface area contributed by atoms with E-state index in [-0.39, 0.29) is 17.4 Å². The van der Waals surface area contributed by atoms with Crippen LogP contribution < -0.4 is 10.1 Å². The van der Waals surface area contributed by atoms with Crippen LogP contribution in [0, 0.1) is 0 Å². The second kappa shape index (κ2) is 8.03. The molecule has 1 aromatic rings. The van der Waals surface area contributed by atoms with Gasteiger partial charge in [-0.2, -0.15) is 0 Å². The van der Waals surface area contributed by atoms with E-state index in [1.54, 1.807) is 14.0 Å². The molecule has 1 N–H and O–H groups in total. The fourth-order valence-corrected chi connectivity index (χ4v) is 1.97. The number of carbonyl (C=O) groups is 1. The van der Waals surface area contributed by atoms with Crippen LogP contribution in [-0.4, -0.2) is 32.3 Å². The Bertz CT molecular complexity index is 452. The number of ether oxygens (including phenoxy) is 2. The van der Waals surface area contributed by atoms with Crippen LogP contribution in [0.25, 0.3) is 0 Å². The van der Waals surface area contributed by atoms with Gasteiger partial charge in [-0.25, -0.2) is 0 Å². The molecule has 21 heavy (non-hydrogen) atoms. The lowest BCUT2D eigenvalue weighted by Gasteiger charge is -2.20. The molecule has 0 aromatic heterocycles. The monoisotopic (exact) mass is 293 g/mol. The Kier molecular flexibility index (Phi) is 6.69. The Hall–Kier alpha value is -1.55. The lowest BCUT2D eigenvalue weighted by Crippen LogP contribution is -2.36. The molecule has 1 aromatic carbocycles. The van der Waals surface area contributed by atoms with Crippen LogP contribution in [-0.2, 0) is 14.9 Å². The first-order valence-corrected chi connectivity index (χ1v) is 7.45. The van der Waals surface area contributed by atoms with E-state index in [4.69, 9.17) is 9.47 Å². The molecule has 0 aliphatic carbocycles. The van der Waals surface area contributed by atoms with Gasteiger partial charge in [0.15, 0.2) is 0 Å². The standard InChI is InChI=1S/C17H27NO3/c1-6-20-16(19)15(18-5)10-11-21-14-9-7-8-13(12-14)17(2,3)4/h7-9,12,15,18H,6,10-11H2,1-5H3. The summed E-state index contributed by atoms with van der Waals surface area (Å²) in [6.45, 7) is 9.18. The second-order valence-corrected chi connectivity index (χ2v) is 6.01. The predicted molar refractivity (Wildman–Crippen MR) is 84.7 cm³/mol. The molecule has 118 valence electrons. The van der Waals surface area contributed by atoms with Crippen molar-refractivity contribution in [3.63, 3.8) is 0 Å². The molecule has 0 aliphatic heterocycles. The largest absolute Gasteiger partial charge is 0.494 e. The zero-order chi connectivity index (χ0) is 15.9. The Balaban J connectivity index is 2.54. The summed E-state index contributed by atoms with van der Waals surface area (Å²) in [5.74, 6) is 0.605. The van der Waals surface area contributed by atoms with Gasteiger partial charge in [-0.05, 0) is 37.1 Å². The number of nitrogens with one attached hydrogen (secondary N) is 1. The highest BCUT2D eigenvalue weighted by Gasteiger charge is 2.18. The Morgan fingerprint density at radius 2 is 2.05 bits per heavy atom. The van der Waals surface area contributed by atoms with Crippen LogP contribution in [0.15, 0.2) is 24.3 Å². The highest BCUT2D eigenvalue weighted by atomic mass is 16.5. The van der Waals surface area contributed by atoms with Crippen LogP contribution in [0.5, 0.6) is 5.75 Å². The van der Waals surface area contributed by atoms with Gasteiger partial charge in [0.2, 0.25) is 0 Å². The average Bonchev–Trinajstić information content (AvgIpc) is 2.43. The first-order chi connectivity index (χ1) is 9.88. The van der Waals surface area contributed by atoms with Gasteiger partial charge in [0.05, 0.1) is 13.2 Å². The molecule has 1 atom stereocenters. The van der Waals surface area contributed by atoms with Crippen molar-refractivity contribution in [2.45, 2.75) is 45.6 Å². The van der Waals surface area contributed by atoms with E-state index >= 15 is 0 Å². The number of rotatable bonds is 7. The van der Waals surface area contributed by atoms with E-state index in [2.05, 4.69) is 38.2 Å². The molecule has 0 fully saturated rings. The quantitative estimate of drug-likeness (QED) is 0.785. The minimum absolute atomic E-state index is 0.0951. The molecule has 1 rings (SSSR count). The van der Waals surface area contributed by atoms with E-state index in [1.807, 2.05) is 12.1 Å². The first kappa shape index (κ1) is 17.5. The molecule has 0 aliphatic rings. The molecule has 0 bridgehead atoms. The summed E-state index contributed by atoms with van der Waals surface area (Å²) in [5, 5.41) is 2.95. The fourth-order valence-electron chi connectivity index (χ4n) is 1.97. The summed E-state index contributed by atoms with van der Waals surface area (Å²) in [7, 11) is 1.75. The highest BCUT2D eigenvalue weighted by molar-refractivity contribution is 5.75. The maximum absolute atomic E-state index is 11.7. The molecular formula is C17H27NO3. The van der Waals surface area contributed by atoms with Crippen LogP contribution in [0.2, 0.25) is 0 Å². The Morgan fingerprint density at radius 1 is 1.33 bits per heavy atom. The molecule has 0 amide bonds. The minimum Gasteiger partial charge on any atom is -0.494 e. The van der Waals surface area contributed by atoms with E-state index in [9.17, 15) is 4.79 Å². The smallest absolute Gasteiger partial charge is 0.323 e. The van der Waals surface area contributed by atoms with Crippen LogP contribution in [0.3, 0.4) is 0 Å². The summed E-state index contributed by atoms with van der Waals surface area (Å²) in [6, 6.07) is 7.77. The van der Waals surface area contributed by atoms with Gasteiger partial charge in [-0.15, -0.1) is 0 Å². The molecule has 0 spiro atoms. The summed E-state index contributed by atoms with van der Waals surface area (Å²) in [6.07, 6.45) is 0.578. The van der Waals surface area contributed by atoms with Gasteiger partial charge in [-0.1, -0.05) is 32.9 Å². The van der Waals surface area contributed by atoms with Gasteiger partial charge >= 0.3 is 5.97 Å². The molecule has 1 unspecified atom stereocenters. The van der Waals surface area contributed by atoms with Crippen molar-refractivity contribution in [2.75, 3.05) is 20.3 Å². The molecule has 0 saturated carbocycles. The molecule has 0 radical (unpaired) electrons. The number of carbonyl (C=O) groups excluding carboxylic acids is 1. The molecule has 4 nitrogen and oxygen atoms in total. The van der Waals surface area contributed by atoms with Crippen molar-refractivity contribution in [1.29, 1.82) is 0 Å².